The van der Waals surface area contributed by atoms with Crippen molar-refractivity contribution in [2.24, 2.45) is 0 Å². The van der Waals surface area contributed by atoms with Crippen LogP contribution in [0.4, 0.5) is 0 Å². The first kappa shape index (κ1) is 17.3. The molecular weight excluding hydrogens is 258 g/mol. The van der Waals surface area contributed by atoms with Crippen molar-refractivity contribution < 1.29 is 9.84 Å². The van der Waals surface area contributed by atoms with Gasteiger partial charge < -0.3 is 15.2 Å². The van der Waals surface area contributed by atoms with E-state index in [1.54, 1.807) is 0 Å². The van der Waals surface area contributed by atoms with E-state index in [1.165, 1.54) is 38.5 Å². The Morgan fingerprint density at radius 2 is 2.16 bits per heavy atom. The van der Waals surface area contributed by atoms with Crippen LogP contribution in [0.2, 0.25) is 0 Å². The first-order valence-electron chi connectivity index (χ1n) is 7.80. The highest BCUT2D eigenvalue weighted by molar-refractivity contribution is 7.99. The molecule has 2 N–H and O–H groups in total. The van der Waals surface area contributed by atoms with Gasteiger partial charge in [-0.1, -0.05) is 32.6 Å². The van der Waals surface area contributed by atoms with Gasteiger partial charge in [-0.15, -0.1) is 0 Å². The quantitative estimate of drug-likeness (QED) is 0.574. The van der Waals surface area contributed by atoms with Crippen molar-refractivity contribution in [3.63, 3.8) is 0 Å². The fourth-order valence-corrected chi connectivity index (χ4v) is 3.60. The topological polar surface area (TPSA) is 41.5 Å². The molecule has 114 valence electrons. The van der Waals surface area contributed by atoms with Crippen molar-refractivity contribution in [2.75, 3.05) is 26.0 Å². The van der Waals surface area contributed by atoms with Crippen LogP contribution >= 0.6 is 11.8 Å². The van der Waals surface area contributed by atoms with E-state index in [-0.39, 0.29) is 6.10 Å². The molecule has 3 unspecified atom stereocenters. The van der Waals surface area contributed by atoms with Crippen LogP contribution in [0.5, 0.6) is 0 Å². The molecule has 1 fully saturated rings. The molecule has 1 aliphatic carbocycles. The molecule has 0 bridgehead atoms. The largest absolute Gasteiger partial charge is 0.389 e. The van der Waals surface area contributed by atoms with E-state index in [2.05, 4.69) is 18.5 Å². The normalized spacial score (nSPS) is 24.8. The smallest absolute Gasteiger partial charge is 0.0897 e. The third kappa shape index (κ3) is 7.54. The van der Waals surface area contributed by atoms with Crippen LogP contribution in [0.25, 0.3) is 0 Å². The Kier molecular flexibility index (Phi) is 9.96. The summed E-state index contributed by atoms with van der Waals surface area (Å²) in [4.78, 5) is 0. The van der Waals surface area contributed by atoms with Crippen molar-refractivity contribution in [1.29, 1.82) is 0 Å². The molecule has 0 spiro atoms. The van der Waals surface area contributed by atoms with Gasteiger partial charge in [0.15, 0.2) is 0 Å². The maximum absolute atomic E-state index is 9.88. The van der Waals surface area contributed by atoms with Crippen LogP contribution in [0, 0.1) is 0 Å². The Morgan fingerprint density at radius 1 is 1.32 bits per heavy atom. The molecule has 0 amide bonds. The lowest BCUT2D eigenvalue weighted by Crippen LogP contribution is -2.40. The van der Waals surface area contributed by atoms with Gasteiger partial charge in [-0.05, 0) is 25.5 Å². The number of ether oxygens (including phenoxy) is 1. The molecule has 1 saturated carbocycles. The number of hydrogen-bond acceptors (Lipinski definition) is 4. The van der Waals surface area contributed by atoms with Gasteiger partial charge in [0.1, 0.15) is 0 Å². The maximum Gasteiger partial charge on any atom is 0.0897 e. The second-order valence-electron chi connectivity index (χ2n) is 5.51. The number of unbranched alkanes of at least 4 members (excludes halogenated alkanes) is 3. The molecule has 4 heteroatoms. The highest BCUT2D eigenvalue weighted by Gasteiger charge is 2.26. The molecule has 1 rings (SSSR count). The predicted molar refractivity (Wildman–Crippen MR) is 83.9 cm³/mol. The molecule has 0 aliphatic heterocycles. The Morgan fingerprint density at radius 3 is 2.89 bits per heavy atom. The van der Waals surface area contributed by atoms with Gasteiger partial charge in [-0.2, -0.15) is 11.8 Å². The molecule has 3 nitrogen and oxygen atoms in total. The van der Waals surface area contributed by atoms with E-state index < -0.39 is 0 Å². The number of rotatable bonds is 11. The monoisotopic (exact) mass is 289 g/mol. The second kappa shape index (κ2) is 11.0. The van der Waals surface area contributed by atoms with Crippen molar-refractivity contribution in [3.05, 3.63) is 0 Å². The van der Waals surface area contributed by atoms with Gasteiger partial charge >= 0.3 is 0 Å². The van der Waals surface area contributed by atoms with Crippen LogP contribution in [0.3, 0.4) is 0 Å². The molecule has 0 radical (unpaired) electrons. The average molecular weight is 289 g/mol. The number of thioether (sulfide) groups is 1. The predicted octanol–water partition coefficient (Wildman–Crippen LogP) is 2.82. The summed E-state index contributed by atoms with van der Waals surface area (Å²) >= 11 is 1.95. The number of hydrogen-bond donors (Lipinski definition) is 2. The summed E-state index contributed by atoms with van der Waals surface area (Å²) in [6, 6.07) is 0.578. The molecule has 0 aromatic rings. The highest BCUT2D eigenvalue weighted by Crippen LogP contribution is 2.28. The summed E-state index contributed by atoms with van der Waals surface area (Å²) in [7, 11) is 0. The Hall–Kier alpha value is 0.230. The fraction of sp³-hybridized carbons (Fsp3) is 1.00. The summed E-state index contributed by atoms with van der Waals surface area (Å²) in [6.07, 6.45) is 10.6. The summed E-state index contributed by atoms with van der Waals surface area (Å²) in [5.74, 6) is 0. The van der Waals surface area contributed by atoms with Crippen LogP contribution in [-0.4, -0.2) is 48.5 Å². The zero-order chi connectivity index (χ0) is 13.9. The van der Waals surface area contributed by atoms with E-state index in [1.807, 2.05) is 11.8 Å². The Balaban J connectivity index is 1.97. The highest BCUT2D eigenvalue weighted by atomic mass is 32.2. The minimum atomic E-state index is -0.366. The first-order valence-corrected chi connectivity index (χ1v) is 9.08. The van der Waals surface area contributed by atoms with E-state index in [0.717, 1.165) is 18.3 Å². The van der Waals surface area contributed by atoms with E-state index in [4.69, 9.17) is 4.74 Å². The fourth-order valence-electron chi connectivity index (χ4n) is 2.64. The lowest BCUT2D eigenvalue weighted by molar-refractivity contribution is 0.0343. The zero-order valence-corrected chi connectivity index (χ0v) is 13.4. The number of aliphatic hydroxyl groups excluding tert-OH is 1. The van der Waals surface area contributed by atoms with E-state index >= 15 is 0 Å². The minimum absolute atomic E-state index is 0.366. The molecule has 0 saturated heterocycles. The molecule has 0 heterocycles. The molecule has 1 aliphatic rings. The average Bonchev–Trinajstić information content (AvgIpc) is 2.88. The first-order chi connectivity index (χ1) is 9.27. The van der Waals surface area contributed by atoms with Crippen molar-refractivity contribution >= 4 is 11.8 Å². The second-order valence-corrected chi connectivity index (χ2v) is 6.59. The van der Waals surface area contributed by atoms with Gasteiger partial charge in [-0.3, -0.25) is 0 Å². The van der Waals surface area contributed by atoms with Crippen LogP contribution < -0.4 is 5.32 Å². The summed E-state index contributed by atoms with van der Waals surface area (Å²) in [5, 5.41) is 14.1. The molecule has 0 aromatic carbocycles. The molecule has 19 heavy (non-hydrogen) atoms. The van der Waals surface area contributed by atoms with Gasteiger partial charge in [0.05, 0.1) is 12.7 Å². The lowest BCUT2D eigenvalue weighted by atomic mass is 10.2. The zero-order valence-electron chi connectivity index (χ0n) is 12.6. The van der Waals surface area contributed by atoms with Crippen molar-refractivity contribution in [2.45, 2.75) is 69.3 Å². The third-order valence-corrected chi connectivity index (χ3v) is 4.99. The minimum Gasteiger partial charge on any atom is -0.389 e. The van der Waals surface area contributed by atoms with Gasteiger partial charge in [0.25, 0.3) is 0 Å². The SMILES string of the molecule is CCCCCCOCC(O)CNC1CCCC1SC. The molecule has 0 aromatic heterocycles. The van der Waals surface area contributed by atoms with Crippen LogP contribution in [-0.2, 0) is 4.74 Å². The van der Waals surface area contributed by atoms with Crippen LogP contribution in [0.1, 0.15) is 51.9 Å². The Bertz CT molecular complexity index is 216. The van der Waals surface area contributed by atoms with Crippen LogP contribution in [0.15, 0.2) is 0 Å². The number of nitrogens with one attached hydrogen (secondary N) is 1. The molecular formula is C15H31NO2S. The summed E-state index contributed by atoms with van der Waals surface area (Å²) in [6.45, 7) is 4.13. The maximum atomic E-state index is 9.88. The van der Waals surface area contributed by atoms with Gasteiger partial charge in [0, 0.05) is 24.4 Å². The van der Waals surface area contributed by atoms with Crippen molar-refractivity contribution in [3.8, 4) is 0 Å². The standard InChI is InChI=1S/C15H31NO2S/c1-3-4-5-6-10-18-12-13(17)11-16-14-8-7-9-15(14)19-2/h13-17H,3-12H2,1-2H3. The summed E-state index contributed by atoms with van der Waals surface area (Å²) < 4.78 is 5.52. The van der Waals surface area contributed by atoms with Gasteiger partial charge in [-0.25, -0.2) is 0 Å². The molecule has 3 atom stereocenters. The Labute approximate surface area is 122 Å². The lowest BCUT2D eigenvalue weighted by Gasteiger charge is -2.21. The number of aliphatic hydroxyl groups is 1. The summed E-state index contributed by atoms with van der Waals surface area (Å²) in [5.41, 5.74) is 0. The third-order valence-electron chi connectivity index (χ3n) is 3.82. The van der Waals surface area contributed by atoms with Gasteiger partial charge in [0.2, 0.25) is 0 Å². The van der Waals surface area contributed by atoms with E-state index in [9.17, 15) is 5.11 Å². The van der Waals surface area contributed by atoms with E-state index in [0.29, 0.717) is 19.2 Å². The van der Waals surface area contributed by atoms with Crippen molar-refractivity contribution in [1.82, 2.24) is 5.32 Å².